The molecule has 1 aromatic rings. The van der Waals surface area contributed by atoms with Crippen molar-refractivity contribution in [2.24, 2.45) is 0 Å². The summed E-state index contributed by atoms with van der Waals surface area (Å²) in [4.78, 5) is 11.9. The van der Waals surface area contributed by atoms with Crippen molar-refractivity contribution < 1.29 is 13.9 Å². The Morgan fingerprint density at radius 3 is 2.84 bits per heavy atom. The summed E-state index contributed by atoms with van der Waals surface area (Å²) in [6, 6.07) is 4.48. The van der Waals surface area contributed by atoms with E-state index < -0.39 is 0 Å². The van der Waals surface area contributed by atoms with Crippen molar-refractivity contribution in [3.63, 3.8) is 0 Å². The van der Waals surface area contributed by atoms with E-state index in [9.17, 15) is 9.18 Å². The zero-order valence-electron chi connectivity index (χ0n) is 11.2. The zero-order chi connectivity index (χ0) is 13.7. The molecule has 1 fully saturated rings. The van der Waals surface area contributed by atoms with Crippen LogP contribution >= 0.6 is 0 Å². The quantitative estimate of drug-likeness (QED) is 0.831. The van der Waals surface area contributed by atoms with E-state index in [-0.39, 0.29) is 17.7 Å². The average Bonchev–Trinajstić information content (AvgIpc) is 2.43. The van der Waals surface area contributed by atoms with E-state index in [2.05, 4.69) is 5.32 Å². The molecule has 4 heteroatoms. The van der Waals surface area contributed by atoms with Gasteiger partial charge in [0.2, 0.25) is 0 Å². The number of aryl methyl sites for hydroxylation is 1. The third-order valence-corrected chi connectivity index (χ3v) is 3.45. The number of hydrogen-bond donors (Lipinski definition) is 1. The van der Waals surface area contributed by atoms with Gasteiger partial charge in [0.05, 0.1) is 12.7 Å². The van der Waals surface area contributed by atoms with Crippen LogP contribution in [0, 0.1) is 12.7 Å². The standard InChI is InChI=1S/C15H20FNO2/c1-11-10-12(2-3-14(11)16)15(18)6-9-19-13-4-7-17-8-5-13/h2-3,10,13,17H,4-9H2,1H3. The number of hydrogen-bond acceptors (Lipinski definition) is 3. The molecule has 0 bridgehead atoms. The molecule has 0 radical (unpaired) electrons. The molecule has 1 aliphatic heterocycles. The molecule has 0 aromatic heterocycles. The monoisotopic (exact) mass is 265 g/mol. The summed E-state index contributed by atoms with van der Waals surface area (Å²) in [5, 5.41) is 3.27. The normalized spacial score (nSPS) is 16.5. The molecule has 3 nitrogen and oxygen atoms in total. The van der Waals surface area contributed by atoms with Gasteiger partial charge in [-0.25, -0.2) is 4.39 Å². The number of rotatable bonds is 5. The number of carbonyl (C=O) groups is 1. The third-order valence-electron chi connectivity index (χ3n) is 3.45. The zero-order valence-corrected chi connectivity index (χ0v) is 11.2. The number of benzene rings is 1. The molecule has 1 N–H and O–H groups in total. The molecule has 0 atom stereocenters. The van der Waals surface area contributed by atoms with Crippen LogP contribution in [0.15, 0.2) is 18.2 Å². The molecule has 0 saturated carbocycles. The lowest BCUT2D eigenvalue weighted by Gasteiger charge is -2.22. The van der Waals surface area contributed by atoms with Crippen LogP contribution in [0.3, 0.4) is 0 Å². The first-order valence-electron chi connectivity index (χ1n) is 6.78. The number of carbonyl (C=O) groups excluding carboxylic acids is 1. The van der Waals surface area contributed by atoms with E-state index >= 15 is 0 Å². The predicted molar refractivity (Wildman–Crippen MR) is 71.9 cm³/mol. The third kappa shape index (κ3) is 4.11. The minimum atomic E-state index is -0.275. The van der Waals surface area contributed by atoms with Crippen molar-refractivity contribution in [3.05, 3.63) is 35.1 Å². The van der Waals surface area contributed by atoms with E-state index in [4.69, 9.17) is 4.74 Å². The second-order valence-electron chi connectivity index (χ2n) is 4.96. The highest BCUT2D eigenvalue weighted by Crippen LogP contribution is 2.12. The van der Waals surface area contributed by atoms with Crippen molar-refractivity contribution in [1.29, 1.82) is 0 Å². The Morgan fingerprint density at radius 1 is 1.42 bits per heavy atom. The van der Waals surface area contributed by atoms with Crippen LogP contribution in [0.2, 0.25) is 0 Å². The maximum absolute atomic E-state index is 13.1. The molecule has 0 aliphatic carbocycles. The van der Waals surface area contributed by atoms with Crippen LogP contribution in [-0.2, 0) is 4.74 Å². The van der Waals surface area contributed by atoms with Crippen LogP contribution in [-0.4, -0.2) is 31.6 Å². The summed E-state index contributed by atoms with van der Waals surface area (Å²) in [6.45, 7) is 4.07. The predicted octanol–water partition coefficient (Wildman–Crippen LogP) is 2.48. The Hall–Kier alpha value is -1.26. The van der Waals surface area contributed by atoms with Gasteiger partial charge >= 0.3 is 0 Å². The van der Waals surface area contributed by atoms with Gasteiger partial charge in [0, 0.05) is 12.0 Å². The van der Waals surface area contributed by atoms with Gasteiger partial charge in [0.1, 0.15) is 5.82 Å². The van der Waals surface area contributed by atoms with Gasteiger partial charge in [-0.15, -0.1) is 0 Å². The number of nitrogens with one attached hydrogen (secondary N) is 1. The van der Waals surface area contributed by atoms with Gasteiger partial charge < -0.3 is 10.1 Å². The Bertz CT molecular complexity index is 442. The van der Waals surface area contributed by atoms with Gasteiger partial charge in [0.25, 0.3) is 0 Å². The SMILES string of the molecule is Cc1cc(C(=O)CCOC2CCNCC2)ccc1F. The maximum atomic E-state index is 13.1. The van der Waals surface area contributed by atoms with Crippen molar-refractivity contribution in [3.8, 4) is 0 Å². The highest BCUT2D eigenvalue weighted by molar-refractivity contribution is 5.96. The van der Waals surface area contributed by atoms with Crippen molar-refractivity contribution >= 4 is 5.78 Å². The van der Waals surface area contributed by atoms with E-state index in [1.165, 1.54) is 12.1 Å². The van der Waals surface area contributed by atoms with E-state index in [0.29, 0.717) is 24.2 Å². The summed E-state index contributed by atoms with van der Waals surface area (Å²) in [7, 11) is 0. The minimum Gasteiger partial charge on any atom is -0.378 e. The van der Waals surface area contributed by atoms with Gasteiger partial charge in [0.15, 0.2) is 5.78 Å². The largest absolute Gasteiger partial charge is 0.378 e. The molecule has 0 spiro atoms. The van der Waals surface area contributed by atoms with Crippen LogP contribution < -0.4 is 5.32 Å². The lowest BCUT2D eigenvalue weighted by atomic mass is 10.1. The molecule has 1 heterocycles. The number of ketones is 1. The molecular weight excluding hydrogens is 245 g/mol. The second-order valence-corrected chi connectivity index (χ2v) is 4.96. The Labute approximate surface area is 113 Å². The van der Waals surface area contributed by atoms with E-state index in [1.807, 2.05) is 0 Å². The number of halogens is 1. The topological polar surface area (TPSA) is 38.3 Å². The van der Waals surface area contributed by atoms with Crippen molar-refractivity contribution in [2.45, 2.75) is 32.3 Å². The summed E-state index contributed by atoms with van der Waals surface area (Å²) in [6.07, 6.45) is 2.63. The van der Waals surface area contributed by atoms with Crippen molar-refractivity contribution in [1.82, 2.24) is 5.32 Å². The van der Waals surface area contributed by atoms with Crippen molar-refractivity contribution in [2.75, 3.05) is 19.7 Å². The molecule has 1 aliphatic rings. The summed E-state index contributed by atoms with van der Waals surface area (Å²) < 4.78 is 18.8. The lowest BCUT2D eigenvalue weighted by Crippen LogP contribution is -2.32. The molecule has 19 heavy (non-hydrogen) atoms. The molecule has 0 amide bonds. The summed E-state index contributed by atoms with van der Waals surface area (Å²) in [5.41, 5.74) is 1.07. The Kier molecular flexibility index (Phi) is 5.05. The molecular formula is C15H20FNO2. The molecule has 1 saturated heterocycles. The molecule has 104 valence electrons. The van der Waals surface area contributed by atoms with Gasteiger partial charge in [-0.05, 0) is 56.6 Å². The molecule has 2 rings (SSSR count). The smallest absolute Gasteiger partial charge is 0.165 e. The van der Waals surface area contributed by atoms with E-state index in [1.54, 1.807) is 13.0 Å². The first-order valence-corrected chi connectivity index (χ1v) is 6.78. The molecule has 0 unspecified atom stereocenters. The Morgan fingerprint density at radius 2 is 2.16 bits per heavy atom. The van der Waals surface area contributed by atoms with Gasteiger partial charge in [-0.1, -0.05) is 0 Å². The van der Waals surface area contributed by atoms with Crippen LogP contribution in [0.25, 0.3) is 0 Å². The number of piperidine rings is 1. The fourth-order valence-electron chi connectivity index (χ4n) is 2.24. The fraction of sp³-hybridized carbons (Fsp3) is 0.533. The van der Waals surface area contributed by atoms with Gasteiger partial charge in [-0.2, -0.15) is 0 Å². The fourth-order valence-corrected chi connectivity index (χ4v) is 2.24. The van der Waals surface area contributed by atoms with Crippen LogP contribution in [0.5, 0.6) is 0 Å². The number of Topliss-reactive ketones (excluding diaryl/α,β-unsaturated/α-hetero) is 1. The van der Waals surface area contributed by atoms with Crippen LogP contribution in [0.1, 0.15) is 35.2 Å². The minimum absolute atomic E-state index is 0.0111. The first kappa shape index (κ1) is 14.2. The van der Waals surface area contributed by atoms with Crippen LogP contribution in [0.4, 0.5) is 4.39 Å². The summed E-state index contributed by atoms with van der Waals surface area (Å²) >= 11 is 0. The van der Waals surface area contributed by atoms with Gasteiger partial charge in [-0.3, -0.25) is 4.79 Å². The highest BCUT2D eigenvalue weighted by atomic mass is 19.1. The molecule has 1 aromatic carbocycles. The number of ether oxygens (including phenoxy) is 1. The highest BCUT2D eigenvalue weighted by Gasteiger charge is 2.14. The lowest BCUT2D eigenvalue weighted by molar-refractivity contribution is 0.0313. The summed E-state index contributed by atoms with van der Waals surface area (Å²) in [5.74, 6) is -0.264. The maximum Gasteiger partial charge on any atom is 0.165 e. The second kappa shape index (κ2) is 6.78. The van der Waals surface area contributed by atoms with E-state index in [0.717, 1.165) is 25.9 Å². The average molecular weight is 265 g/mol. The first-order chi connectivity index (χ1) is 9.16. The Balaban J connectivity index is 1.78.